The van der Waals surface area contributed by atoms with Crippen molar-refractivity contribution in [3.05, 3.63) is 29.8 Å². The Kier molecular flexibility index (Phi) is 1.92. The number of rotatable bonds is 1. The number of aryl methyl sites for hydroxylation is 1. The van der Waals surface area contributed by atoms with Crippen LogP contribution in [0.4, 0.5) is 5.69 Å². The lowest BCUT2D eigenvalue weighted by molar-refractivity contribution is 0.302. The first kappa shape index (κ1) is 8.16. The predicted molar refractivity (Wildman–Crippen MR) is 45.5 cm³/mol. The molecule has 0 atom stereocenters. The molecule has 0 aliphatic heterocycles. The molecule has 11 heavy (non-hydrogen) atoms. The van der Waals surface area contributed by atoms with Crippen molar-refractivity contribution in [2.24, 2.45) is 17.5 Å². The second-order valence-corrected chi connectivity index (χ2v) is 2.67. The van der Waals surface area contributed by atoms with Crippen molar-refractivity contribution >= 4 is 5.69 Å². The zero-order chi connectivity index (χ0) is 8.48. The molecule has 6 N–H and O–H groups in total. The van der Waals surface area contributed by atoms with E-state index in [1.807, 2.05) is 19.1 Å². The number of hydrogen-bond acceptors (Lipinski definition) is 3. The second-order valence-electron chi connectivity index (χ2n) is 2.67. The minimum absolute atomic E-state index is 0.611. The number of nitrogens with two attached hydrogens (primary N) is 3. The Balaban J connectivity index is 2.99. The first-order valence-corrected chi connectivity index (χ1v) is 3.32. The van der Waals surface area contributed by atoms with Crippen LogP contribution in [0, 0.1) is 6.92 Å². The summed E-state index contributed by atoms with van der Waals surface area (Å²) in [5, 5.41) is 0. The largest absolute Gasteiger partial charge is 0.191 e. The summed E-state index contributed by atoms with van der Waals surface area (Å²) in [7, 11) is 0. The fraction of sp³-hybridized carbons (Fsp3) is 0.143. The van der Waals surface area contributed by atoms with E-state index in [4.69, 9.17) is 17.5 Å². The lowest BCUT2D eigenvalue weighted by atomic mass is 10.2. The summed E-state index contributed by atoms with van der Waals surface area (Å²) < 4.78 is 0. The Morgan fingerprint density at radius 1 is 1.00 bits per heavy atom. The van der Waals surface area contributed by atoms with Crippen LogP contribution in [-0.2, 0) is 0 Å². The van der Waals surface area contributed by atoms with E-state index < -0.39 is 4.81 Å². The van der Waals surface area contributed by atoms with Crippen molar-refractivity contribution < 1.29 is 0 Å². The molecule has 0 saturated heterocycles. The molecule has 1 rings (SSSR count). The van der Waals surface area contributed by atoms with Crippen LogP contribution in [0.5, 0.6) is 0 Å². The van der Waals surface area contributed by atoms with Gasteiger partial charge in [-0.15, -0.1) is 17.5 Å². The predicted octanol–water partition coefficient (Wildman–Crippen LogP) is -0.0766. The third-order valence-corrected chi connectivity index (χ3v) is 1.48. The van der Waals surface area contributed by atoms with E-state index in [-0.39, 0.29) is 0 Å². The van der Waals surface area contributed by atoms with E-state index in [2.05, 4.69) is 0 Å². The monoisotopic (exact) mass is 153 g/mol. The SMILES string of the molecule is Cc1ccc([N+](N)(N)N)cc1. The molecule has 0 aliphatic carbocycles. The van der Waals surface area contributed by atoms with Gasteiger partial charge in [-0.2, -0.15) is 0 Å². The molecule has 1 aromatic rings. The summed E-state index contributed by atoms with van der Waals surface area (Å²) in [6.07, 6.45) is 0. The van der Waals surface area contributed by atoms with Gasteiger partial charge in [-0.25, -0.2) is 0 Å². The summed E-state index contributed by atoms with van der Waals surface area (Å²) in [4.78, 5) is -0.611. The maximum absolute atomic E-state index is 5.40. The summed E-state index contributed by atoms with van der Waals surface area (Å²) in [5.41, 5.74) is 1.83. The molecule has 1 aromatic carbocycles. The molecule has 4 heteroatoms. The summed E-state index contributed by atoms with van der Waals surface area (Å²) in [6, 6.07) is 7.43. The van der Waals surface area contributed by atoms with E-state index in [9.17, 15) is 0 Å². The first-order chi connectivity index (χ1) is 5.00. The minimum atomic E-state index is -0.611. The molecule has 0 aromatic heterocycles. The lowest BCUT2D eigenvalue weighted by Gasteiger charge is -2.18. The molecular formula is C7H13N4+. The van der Waals surface area contributed by atoms with Crippen LogP contribution in [-0.4, -0.2) is 0 Å². The molecule has 0 radical (unpaired) electrons. The van der Waals surface area contributed by atoms with Gasteiger partial charge in [-0.3, -0.25) is 0 Å². The van der Waals surface area contributed by atoms with Crippen molar-refractivity contribution in [2.45, 2.75) is 6.92 Å². The standard InChI is InChI=1S/C7H13N4/c1-6-2-4-7(5-3-6)11(8,9)10/h2-5H,8-10H2,1H3/q+1. The van der Waals surface area contributed by atoms with Gasteiger partial charge in [0.2, 0.25) is 0 Å². The molecule has 4 nitrogen and oxygen atoms in total. The zero-order valence-electron chi connectivity index (χ0n) is 6.49. The van der Waals surface area contributed by atoms with Crippen molar-refractivity contribution in [2.75, 3.05) is 0 Å². The number of hydrogen-bond donors (Lipinski definition) is 3. The Labute approximate surface area is 65.7 Å². The number of quaternary nitrogens is 1. The highest BCUT2D eigenvalue weighted by molar-refractivity contribution is 5.40. The van der Waals surface area contributed by atoms with Crippen molar-refractivity contribution in [1.29, 1.82) is 0 Å². The Bertz CT molecular complexity index is 234. The van der Waals surface area contributed by atoms with E-state index in [1.165, 1.54) is 0 Å². The molecule has 0 aliphatic rings. The fourth-order valence-corrected chi connectivity index (χ4v) is 0.803. The van der Waals surface area contributed by atoms with Crippen molar-refractivity contribution in [3.8, 4) is 0 Å². The lowest BCUT2D eigenvalue weighted by Crippen LogP contribution is -2.67. The molecule has 0 bridgehead atoms. The zero-order valence-corrected chi connectivity index (χ0v) is 6.49. The average Bonchev–Trinajstić information content (AvgIpc) is 1.86. The molecule has 0 saturated carbocycles. The van der Waals surface area contributed by atoms with Gasteiger partial charge in [-0.05, 0) is 6.92 Å². The van der Waals surface area contributed by atoms with E-state index >= 15 is 0 Å². The quantitative estimate of drug-likeness (QED) is 0.300. The van der Waals surface area contributed by atoms with Crippen LogP contribution in [0.3, 0.4) is 0 Å². The molecular weight excluding hydrogens is 140 g/mol. The van der Waals surface area contributed by atoms with Gasteiger partial charge >= 0.3 is 0 Å². The summed E-state index contributed by atoms with van der Waals surface area (Å²) in [5.74, 6) is 16.2. The molecule has 0 spiro atoms. The average molecular weight is 153 g/mol. The third-order valence-electron chi connectivity index (χ3n) is 1.48. The normalized spacial score (nSPS) is 11.6. The Morgan fingerprint density at radius 3 is 1.82 bits per heavy atom. The van der Waals surface area contributed by atoms with Crippen molar-refractivity contribution in [3.63, 3.8) is 0 Å². The summed E-state index contributed by atoms with van der Waals surface area (Å²) >= 11 is 0. The van der Waals surface area contributed by atoms with Gasteiger partial charge in [0, 0.05) is 12.1 Å². The van der Waals surface area contributed by atoms with Crippen LogP contribution in [0.1, 0.15) is 5.56 Å². The topological polar surface area (TPSA) is 78.1 Å². The molecule has 0 fully saturated rings. The van der Waals surface area contributed by atoms with Gasteiger partial charge in [0.15, 0.2) is 5.69 Å². The van der Waals surface area contributed by atoms with Gasteiger partial charge in [0.05, 0.1) is 0 Å². The molecule has 0 heterocycles. The molecule has 0 unspecified atom stereocenters. The molecule has 60 valence electrons. The van der Waals surface area contributed by atoms with Crippen LogP contribution < -0.4 is 22.3 Å². The molecule has 0 amide bonds. The fourth-order valence-electron chi connectivity index (χ4n) is 0.803. The van der Waals surface area contributed by atoms with Gasteiger partial charge in [-0.1, -0.05) is 22.5 Å². The highest BCUT2D eigenvalue weighted by Crippen LogP contribution is 2.11. The van der Waals surface area contributed by atoms with Crippen LogP contribution >= 0.6 is 0 Å². The first-order valence-electron chi connectivity index (χ1n) is 3.32. The van der Waals surface area contributed by atoms with Crippen LogP contribution in [0.25, 0.3) is 0 Å². The van der Waals surface area contributed by atoms with Crippen molar-refractivity contribution in [1.82, 2.24) is 4.81 Å². The maximum Gasteiger partial charge on any atom is 0.191 e. The minimum Gasteiger partial charge on any atom is -0.136 e. The third kappa shape index (κ3) is 1.99. The van der Waals surface area contributed by atoms with E-state index in [0.29, 0.717) is 5.69 Å². The van der Waals surface area contributed by atoms with E-state index in [0.717, 1.165) is 5.56 Å². The Hall–Kier alpha value is -0.940. The van der Waals surface area contributed by atoms with Gasteiger partial charge in [0.1, 0.15) is 0 Å². The number of benzene rings is 1. The highest BCUT2D eigenvalue weighted by Gasteiger charge is 2.14. The highest BCUT2D eigenvalue weighted by atomic mass is 15.9. The van der Waals surface area contributed by atoms with Crippen LogP contribution in [0.15, 0.2) is 24.3 Å². The maximum atomic E-state index is 5.40. The van der Waals surface area contributed by atoms with Crippen LogP contribution in [0.2, 0.25) is 0 Å². The van der Waals surface area contributed by atoms with E-state index in [1.54, 1.807) is 12.1 Å². The number of nitrogens with zero attached hydrogens (tertiary/aromatic N) is 1. The van der Waals surface area contributed by atoms with Gasteiger partial charge < -0.3 is 0 Å². The second kappa shape index (κ2) is 2.60. The van der Waals surface area contributed by atoms with Gasteiger partial charge in [0.25, 0.3) is 0 Å². The smallest absolute Gasteiger partial charge is 0.136 e. The Morgan fingerprint density at radius 2 is 1.45 bits per heavy atom. The summed E-state index contributed by atoms with van der Waals surface area (Å²) in [6.45, 7) is 1.99.